The minimum Gasteiger partial charge on any atom is -0.450 e. The lowest BCUT2D eigenvalue weighted by atomic mass is 9.96. The summed E-state index contributed by atoms with van der Waals surface area (Å²) in [6.07, 6.45) is -6.87. The van der Waals surface area contributed by atoms with E-state index in [2.05, 4.69) is 0 Å². The molecular formula is C29H38O14. The maximum absolute atomic E-state index is 13.0. The first-order valence-electron chi connectivity index (χ1n) is 14.0. The van der Waals surface area contributed by atoms with Gasteiger partial charge in [0.05, 0.1) is 13.2 Å². The van der Waals surface area contributed by atoms with Crippen molar-refractivity contribution in [3.05, 3.63) is 35.9 Å². The van der Waals surface area contributed by atoms with Crippen molar-refractivity contribution in [3.8, 4) is 5.75 Å². The van der Waals surface area contributed by atoms with Crippen molar-refractivity contribution >= 4 is 18.0 Å². The van der Waals surface area contributed by atoms with Crippen molar-refractivity contribution in [2.45, 2.75) is 101 Å². The van der Waals surface area contributed by atoms with Crippen molar-refractivity contribution in [1.29, 1.82) is 0 Å². The molecule has 4 fully saturated rings. The summed E-state index contributed by atoms with van der Waals surface area (Å²) in [5.74, 6) is -5.23. The second-order valence-corrected chi connectivity index (χ2v) is 11.7. The Bertz CT molecular complexity index is 1200. The Morgan fingerprint density at radius 3 is 2.30 bits per heavy atom. The molecule has 0 unspecified atom stereocenters. The fraction of sp³-hybridized carbons (Fsp3) is 0.655. The summed E-state index contributed by atoms with van der Waals surface area (Å²) in [5, 5.41) is 32.3. The smallest absolute Gasteiger partial charge is 0.331 e. The Morgan fingerprint density at radius 1 is 0.953 bits per heavy atom. The van der Waals surface area contributed by atoms with Crippen LogP contribution in [0.15, 0.2) is 30.3 Å². The fourth-order valence-electron chi connectivity index (χ4n) is 5.41. The maximum Gasteiger partial charge on any atom is 0.331 e. The largest absolute Gasteiger partial charge is 0.450 e. The SMILES string of the molecule is CC(=O)Oc1ccc(/C=C/C(=O)O[C@H]2[C@H](O)[C@@H](CO)O[C@]23COC(C)(C)O[C@H]2[C@H](O[C@@H]4COC(C)(C)O[C@H]4[C@@H]2O)O3)cc1. The van der Waals surface area contributed by atoms with E-state index in [9.17, 15) is 24.9 Å². The van der Waals surface area contributed by atoms with E-state index in [1.54, 1.807) is 52.0 Å². The zero-order valence-corrected chi connectivity index (χ0v) is 24.5. The summed E-state index contributed by atoms with van der Waals surface area (Å²) in [7, 11) is 0. The quantitative estimate of drug-likeness (QED) is 0.237. The van der Waals surface area contributed by atoms with Gasteiger partial charge in [-0.1, -0.05) is 12.1 Å². The minimum atomic E-state index is -1.96. The van der Waals surface area contributed by atoms with Crippen LogP contribution in [-0.4, -0.2) is 113 Å². The molecule has 4 heterocycles. The molecule has 14 heteroatoms. The number of fused-ring (bicyclic) bond motifs is 2. The van der Waals surface area contributed by atoms with Gasteiger partial charge in [-0.2, -0.15) is 0 Å². The van der Waals surface area contributed by atoms with Gasteiger partial charge in [0.1, 0.15) is 49.0 Å². The van der Waals surface area contributed by atoms with Crippen molar-refractivity contribution < 1.29 is 67.5 Å². The van der Waals surface area contributed by atoms with Crippen LogP contribution in [0.1, 0.15) is 40.2 Å². The molecule has 5 rings (SSSR count). The Morgan fingerprint density at radius 2 is 1.63 bits per heavy atom. The average Bonchev–Trinajstić information content (AvgIpc) is 3.19. The van der Waals surface area contributed by atoms with Gasteiger partial charge in [0, 0.05) is 13.0 Å². The summed E-state index contributed by atoms with van der Waals surface area (Å²) in [6.45, 7) is 7.01. The highest BCUT2D eigenvalue weighted by Crippen LogP contribution is 2.43. The van der Waals surface area contributed by atoms with Crippen LogP contribution in [0, 0.1) is 0 Å². The third-order valence-corrected chi connectivity index (χ3v) is 7.44. The Labute approximate surface area is 248 Å². The molecule has 1 spiro atoms. The van der Waals surface area contributed by atoms with Crippen LogP contribution in [0.2, 0.25) is 0 Å². The lowest BCUT2D eigenvalue weighted by molar-refractivity contribution is -0.454. The molecule has 0 amide bonds. The van der Waals surface area contributed by atoms with Gasteiger partial charge in [0.2, 0.25) is 5.79 Å². The molecule has 0 aromatic heterocycles. The van der Waals surface area contributed by atoms with Crippen molar-refractivity contribution in [2.24, 2.45) is 0 Å². The minimum absolute atomic E-state index is 0.0853. The first kappa shape index (κ1) is 31.9. The van der Waals surface area contributed by atoms with Gasteiger partial charge in [0.15, 0.2) is 24.0 Å². The molecule has 0 aliphatic carbocycles. The lowest BCUT2D eigenvalue weighted by Crippen LogP contribution is -2.69. The molecule has 0 bridgehead atoms. The van der Waals surface area contributed by atoms with Crippen LogP contribution in [0.5, 0.6) is 5.75 Å². The van der Waals surface area contributed by atoms with Gasteiger partial charge < -0.3 is 58.0 Å². The Hall–Kier alpha value is -2.50. The molecule has 4 aliphatic rings. The van der Waals surface area contributed by atoms with E-state index in [-0.39, 0.29) is 6.61 Å². The fourth-order valence-corrected chi connectivity index (χ4v) is 5.41. The summed E-state index contributed by atoms with van der Waals surface area (Å²) >= 11 is 0. The summed E-state index contributed by atoms with van der Waals surface area (Å²) in [4.78, 5) is 24.1. The Balaban J connectivity index is 1.38. The predicted molar refractivity (Wildman–Crippen MR) is 143 cm³/mol. The number of rotatable bonds is 5. The molecular weight excluding hydrogens is 572 g/mol. The number of aliphatic hydroxyl groups is 3. The van der Waals surface area contributed by atoms with Gasteiger partial charge >= 0.3 is 11.9 Å². The van der Waals surface area contributed by atoms with E-state index >= 15 is 0 Å². The van der Waals surface area contributed by atoms with Crippen LogP contribution < -0.4 is 4.74 Å². The van der Waals surface area contributed by atoms with Crippen LogP contribution in [0.3, 0.4) is 0 Å². The van der Waals surface area contributed by atoms with Gasteiger partial charge in [-0.3, -0.25) is 4.79 Å². The monoisotopic (exact) mass is 610 g/mol. The predicted octanol–water partition coefficient (Wildman–Crippen LogP) is 0.391. The highest BCUT2D eigenvalue weighted by molar-refractivity contribution is 5.87. The normalized spacial score (nSPS) is 38.5. The van der Waals surface area contributed by atoms with Gasteiger partial charge in [-0.25, -0.2) is 4.79 Å². The number of hydrogen-bond donors (Lipinski definition) is 3. The molecule has 1 aromatic rings. The second-order valence-electron chi connectivity index (χ2n) is 11.7. The first-order chi connectivity index (χ1) is 20.2. The number of aliphatic hydroxyl groups excluding tert-OH is 3. The van der Waals surface area contributed by atoms with Crippen molar-refractivity contribution in [1.82, 2.24) is 0 Å². The number of ether oxygens (including phenoxy) is 9. The van der Waals surface area contributed by atoms with Crippen molar-refractivity contribution in [2.75, 3.05) is 19.8 Å². The third kappa shape index (κ3) is 6.93. The van der Waals surface area contributed by atoms with Gasteiger partial charge in [-0.05, 0) is 51.5 Å². The first-order valence-corrected chi connectivity index (χ1v) is 14.0. The molecule has 3 N–H and O–H groups in total. The van der Waals surface area contributed by atoms with E-state index in [1.165, 1.54) is 13.0 Å². The highest BCUT2D eigenvalue weighted by Gasteiger charge is 2.64. The van der Waals surface area contributed by atoms with E-state index < -0.39 is 91.5 Å². The molecule has 43 heavy (non-hydrogen) atoms. The number of carbonyl (C=O) groups excluding carboxylic acids is 2. The third-order valence-electron chi connectivity index (χ3n) is 7.44. The van der Waals surface area contributed by atoms with Crippen LogP contribution in [-0.2, 0) is 47.5 Å². The number of carbonyl (C=O) groups is 2. The molecule has 0 saturated carbocycles. The molecule has 4 saturated heterocycles. The zero-order valence-electron chi connectivity index (χ0n) is 24.5. The van der Waals surface area contributed by atoms with E-state index in [4.69, 9.17) is 42.6 Å². The molecule has 14 nitrogen and oxygen atoms in total. The van der Waals surface area contributed by atoms with Crippen LogP contribution >= 0.6 is 0 Å². The number of hydrogen-bond acceptors (Lipinski definition) is 14. The van der Waals surface area contributed by atoms with E-state index in [0.29, 0.717) is 11.3 Å². The Kier molecular flexibility index (Phi) is 9.00. The highest BCUT2D eigenvalue weighted by atomic mass is 16.9. The molecule has 4 aliphatic heterocycles. The average molecular weight is 611 g/mol. The zero-order chi connectivity index (χ0) is 31.2. The summed E-state index contributed by atoms with van der Waals surface area (Å²) in [5.41, 5.74) is 0.602. The summed E-state index contributed by atoms with van der Waals surface area (Å²) in [6, 6.07) is 6.39. The van der Waals surface area contributed by atoms with Crippen LogP contribution in [0.4, 0.5) is 0 Å². The number of esters is 2. The standard InChI is InChI=1S/C29H38O14/c1-15(31)37-17-9-6-16(7-10-17)8-11-20(32)39-25-21(33)18(12-30)40-29(25)14-36-28(4,5)42-24-22(34)23-19(38-26(24)43-29)13-35-27(2,3)41-23/h6-11,18-19,21-26,30,33-34H,12-14H2,1-5H3/b11-8+/t18-,19-,21-,22+,23-,24-,25+,26-,29+/m1/s1. The lowest BCUT2D eigenvalue weighted by Gasteiger charge is -2.53. The maximum atomic E-state index is 13.0. The van der Waals surface area contributed by atoms with Gasteiger partial charge in [-0.15, -0.1) is 0 Å². The number of benzene rings is 1. The van der Waals surface area contributed by atoms with E-state index in [0.717, 1.165) is 6.08 Å². The van der Waals surface area contributed by atoms with Crippen molar-refractivity contribution in [3.63, 3.8) is 0 Å². The van der Waals surface area contributed by atoms with Crippen LogP contribution in [0.25, 0.3) is 6.08 Å². The summed E-state index contributed by atoms with van der Waals surface area (Å²) < 4.78 is 52.7. The molecule has 1 aromatic carbocycles. The topological polar surface area (TPSA) is 178 Å². The molecule has 238 valence electrons. The van der Waals surface area contributed by atoms with Gasteiger partial charge in [0.25, 0.3) is 0 Å². The molecule has 0 radical (unpaired) electrons. The second kappa shape index (κ2) is 12.1. The molecule has 9 atom stereocenters. The van der Waals surface area contributed by atoms with E-state index in [1.807, 2.05) is 0 Å².